The number of sulfonamides is 1. The summed E-state index contributed by atoms with van der Waals surface area (Å²) in [6, 6.07) is 1.98. The first-order valence-corrected chi connectivity index (χ1v) is 8.19. The summed E-state index contributed by atoms with van der Waals surface area (Å²) in [6.07, 6.45) is 2.40. The highest BCUT2D eigenvalue weighted by atomic mass is 79.9. The minimum atomic E-state index is -4.04. The second-order valence-electron chi connectivity index (χ2n) is 4.68. The summed E-state index contributed by atoms with van der Waals surface area (Å²) in [7, 11) is -2.65. The van der Waals surface area contributed by atoms with Crippen molar-refractivity contribution in [2.45, 2.75) is 30.2 Å². The standard InChI is InChI=1S/C12H13BrFNO4S/c1-15(8-3-2-4-8)20(18,19)10-6-7(13)5-9(11(10)14)12(16)17/h5-6,8H,2-4H2,1H3,(H,16,17). The van der Waals surface area contributed by atoms with E-state index in [1.165, 1.54) is 7.05 Å². The van der Waals surface area contributed by atoms with E-state index in [2.05, 4.69) is 15.9 Å². The Balaban J connectivity index is 2.53. The molecule has 0 aliphatic heterocycles. The monoisotopic (exact) mass is 365 g/mol. The van der Waals surface area contributed by atoms with Gasteiger partial charge in [-0.2, -0.15) is 4.31 Å². The van der Waals surface area contributed by atoms with Crippen LogP contribution in [-0.2, 0) is 10.0 Å². The van der Waals surface area contributed by atoms with Crippen LogP contribution in [0.2, 0.25) is 0 Å². The molecule has 110 valence electrons. The number of carbonyl (C=O) groups is 1. The van der Waals surface area contributed by atoms with Crippen molar-refractivity contribution >= 4 is 31.9 Å². The highest BCUT2D eigenvalue weighted by molar-refractivity contribution is 9.10. The van der Waals surface area contributed by atoms with Gasteiger partial charge in [0, 0.05) is 17.6 Å². The molecule has 5 nitrogen and oxygen atoms in total. The molecule has 8 heteroatoms. The van der Waals surface area contributed by atoms with Gasteiger partial charge in [0.25, 0.3) is 0 Å². The number of aromatic carboxylic acids is 1. The van der Waals surface area contributed by atoms with Gasteiger partial charge in [0.1, 0.15) is 4.90 Å². The second-order valence-corrected chi connectivity index (χ2v) is 7.56. The first-order chi connectivity index (χ1) is 9.25. The lowest BCUT2D eigenvalue weighted by molar-refractivity contribution is 0.0691. The largest absolute Gasteiger partial charge is 0.478 e. The first kappa shape index (κ1) is 15.4. The van der Waals surface area contributed by atoms with Gasteiger partial charge in [0.15, 0.2) is 5.82 Å². The van der Waals surface area contributed by atoms with Gasteiger partial charge in [-0.3, -0.25) is 0 Å². The highest BCUT2D eigenvalue weighted by Crippen LogP contribution is 2.31. The number of rotatable bonds is 4. The van der Waals surface area contributed by atoms with E-state index >= 15 is 0 Å². The molecule has 0 bridgehead atoms. The van der Waals surface area contributed by atoms with Crippen molar-refractivity contribution in [3.05, 3.63) is 28.0 Å². The number of hydrogen-bond acceptors (Lipinski definition) is 3. The highest BCUT2D eigenvalue weighted by Gasteiger charge is 2.34. The fourth-order valence-electron chi connectivity index (χ4n) is 2.01. The van der Waals surface area contributed by atoms with E-state index in [9.17, 15) is 17.6 Å². The Morgan fingerprint density at radius 1 is 1.45 bits per heavy atom. The molecule has 20 heavy (non-hydrogen) atoms. The van der Waals surface area contributed by atoms with Crippen molar-refractivity contribution in [2.75, 3.05) is 7.05 Å². The van der Waals surface area contributed by atoms with Gasteiger partial charge in [-0.15, -0.1) is 0 Å². The van der Waals surface area contributed by atoms with E-state index in [-0.39, 0.29) is 10.5 Å². The van der Waals surface area contributed by atoms with Crippen LogP contribution >= 0.6 is 15.9 Å². The van der Waals surface area contributed by atoms with E-state index in [1.807, 2.05) is 0 Å². The Bertz CT molecular complexity index is 658. The predicted octanol–water partition coefficient (Wildman–Crippen LogP) is 2.46. The maximum atomic E-state index is 14.1. The Kier molecular flexibility index (Phi) is 4.17. The summed E-state index contributed by atoms with van der Waals surface area (Å²) < 4.78 is 40.2. The third kappa shape index (κ3) is 2.59. The Morgan fingerprint density at radius 3 is 2.50 bits per heavy atom. The van der Waals surface area contributed by atoms with Crippen molar-refractivity contribution < 1.29 is 22.7 Å². The summed E-state index contributed by atoms with van der Waals surface area (Å²) in [4.78, 5) is 10.3. The van der Waals surface area contributed by atoms with Crippen LogP contribution < -0.4 is 0 Å². The summed E-state index contributed by atoms with van der Waals surface area (Å²) in [5.74, 6) is -2.74. The zero-order chi connectivity index (χ0) is 15.1. The molecule has 0 atom stereocenters. The molecule has 0 unspecified atom stereocenters. The Hall–Kier alpha value is -0.990. The van der Waals surface area contributed by atoms with Crippen molar-refractivity contribution in [3.8, 4) is 0 Å². The van der Waals surface area contributed by atoms with Gasteiger partial charge in [0.2, 0.25) is 10.0 Å². The third-order valence-corrected chi connectivity index (χ3v) is 5.85. The average molecular weight is 366 g/mol. The fourth-order valence-corrected chi connectivity index (χ4v) is 4.14. The molecule has 1 aromatic carbocycles. The molecule has 1 aliphatic carbocycles. The van der Waals surface area contributed by atoms with Gasteiger partial charge >= 0.3 is 5.97 Å². The summed E-state index contributed by atoms with van der Waals surface area (Å²) >= 11 is 3.01. The van der Waals surface area contributed by atoms with E-state index in [1.54, 1.807) is 0 Å². The zero-order valence-electron chi connectivity index (χ0n) is 10.6. The molecule has 0 amide bonds. The van der Waals surface area contributed by atoms with E-state index in [0.29, 0.717) is 0 Å². The van der Waals surface area contributed by atoms with Crippen LogP contribution in [0.15, 0.2) is 21.5 Å². The summed E-state index contributed by atoms with van der Waals surface area (Å²) in [5.41, 5.74) is -0.667. The average Bonchev–Trinajstić information content (AvgIpc) is 2.28. The van der Waals surface area contributed by atoms with Crippen LogP contribution in [-0.4, -0.2) is 36.9 Å². The number of carboxylic acids is 1. The van der Waals surface area contributed by atoms with Gasteiger partial charge in [-0.25, -0.2) is 17.6 Å². The molecule has 0 heterocycles. The SMILES string of the molecule is CN(C1CCC1)S(=O)(=O)c1cc(Br)cc(C(=O)O)c1F. The smallest absolute Gasteiger partial charge is 0.338 e. The quantitative estimate of drug-likeness (QED) is 0.889. The van der Waals surface area contributed by atoms with Crippen molar-refractivity contribution in [2.24, 2.45) is 0 Å². The second kappa shape index (κ2) is 5.42. The Labute approximate surface area is 124 Å². The first-order valence-electron chi connectivity index (χ1n) is 5.95. The van der Waals surface area contributed by atoms with E-state index < -0.39 is 32.3 Å². The number of benzene rings is 1. The van der Waals surface area contributed by atoms with E-state index in [0.717, 1.165) is 35.7 Å². The lowest BCUT2D eigenvalue weighted by Crippen LogP contribution is -2.41. The molecule has 2 rings (SSSR count). The molecule has 1 saturated carbocycles. The van der Waals surface area contributed by atoms with Crippen molar-refractivity contribution in [3.63, 3.8) is 0 Å². The molecule has 1 aromatic rings. The number of hydrogen-bond donors (Lipinski definition) is 1. The lowest BCUT2D eigenvalue weighted by Gasteiger charge is -2.33. The molecular weight excluding hydrogens is 353 g/mol. The molecular formula is C12H13BrFNO4S. The van der Waals surface area contributed by atoms with Crippen LogP contribution in [0, 0.1) is 5.82 Å². The minimum absolute atomic E-state index is 0.147. The molecule has 0 radical (unpaired) electrons. The van der Waals surface area contributed by atoms with Crippen LogP contribution in [0.5, 0.6) is 0 Å². The van der Waals surface area contributed by atoms with Gasteiger partial charge in [0.05, 0.1) is 5.56 Å². The van der Waals surface area contributed by atoms with Crippen molar-refractivity contribution in [1.82, 2.24) is 4.31 Å². The van der Waals surface area contributed by atoms with Gasteiger partial charge in [-0.1, -0.05) is 22.4 Å². The van der Waals surface area contributed by atoms with Crippen LogP contribution in [0.4, 0.5) is 4.39 Å². The number of halogens is 2. The van der Waals surface area contributed by atoms with Gasteiger partial charge in [-0.05, 0) is 25.0 Å². The topological polar surface area (TPSA) is 74.7 Å². The third-order valence-electron chi connectivity index (χ3n) is 3.48. The zero-order valence-corrected chi connectivity index (χ0v) is 13.0. The maximum absolute atomic E-state index is 14.1. The molecule has 0 aromatic heterocycles. The van der Waals surface area contributed by atoms with Crippen LogP contribution in [0.1, 0.15) is 29.6 Å². The fraction of sp³-hybridized carbons (Fsp3) is 0.417. The molecule has 1 N–H and O–H groups in total. The summed E-state index contributed by atoms with van der Waals surface area (Å²) in [6.45, 7) is 0. The summed E-state index contributed by atoms with van der Waals surface area (Å²) in [5, 5.41) is 8.92. The van der Waals surface area contributed by atoms with Gasteiger partial charge < -0.3 is 5.11 Å². The van der Waals surface area contributed by atoms with Crippen molar-refractivity contribution in [1.29, 1.82) is 0 Å². The molecule has 0 saturated heterocycles. The predicted molar refractivity (Wildman–Crippen MR) is 73.6 cm³/mol. The van der Waals surface area contributed by atoms with Crippen LogP contribution in [0.3, 0.4) is 0 Å². The Morgan fingerprint density at radius 2 is 2.05 bits per heavy atom. The lowest BCUT2D eigenvalue weighted by atomic mass is 9.94. The number of carboxylic acid groups (broad SMARTS) is 1. The van der Waals surface area contributed by atoms with Crippen LogP contribution in [0.25, 0.3) is 0 Å². The number of nitrogens with zero attached hydrogens (tertiary/aromatic N) is 1. The molecule has 1 fully saturated rings. The molecule has 0 spiro atoms. The maximum Gasteiger partial charge on any atom is 0.338 e. The normalized spacial score (nSPS) is 16.2. The minimum Gasteiger partial charge on any atom is -0.478 e. The van der Waals surface area contributed by atoms with E-state index in [4.69, 9.17) is 5.11 Å². The molecule has 1 aliphatic rings.